The number of benzene rings is 3. The molecular weight excluding hydrogens is 526 g/mol. The Bertz CT molecular complexity index is 1430. The predicted octanol–water partition coefficient (Wildman–Crippen LogP) is 8.08. The monoisotopic (exact) mass is 559 g/mol. The summed E-state index contributed by atoms with van der Waals surface area (Å²) in [4.78, 5) is 25.0. The molecule has 39 heavy (non-hydrogen) atoms. The number of carbonyl (C=O) groups is 2. The highest BCUT2D eigenvalue weighted by molar-refractivity contribution is 8.27. The zero-order valence-corrected chi connectivity index (χ0v) is 23.8. The van der Waals surface area contributed by atoms with E-state index in [1.54, 1.807) is 0 Å². The van der Waals surface area contributed by atoms with Crippen LogP contribution in [-0.2, 0) is 24.1 Å². The van der Waals surface area contributed by atoms with Crippen molar-refractivity contribution in [2.75, 3.05) is 24.7 Å². The third-order valence-electron chi connectivity index (χ3n) is 6.81. The zero-order valence-electron chi connectivity index (χ0n) is 22.2. The van der Waals surface area contributed by atoms with Gasteiger partial charge in [0.25, 0.3) is 5.24 Å². The van der Waals surface area contributed by atoms with E-state index in [0.29, 0.717) is 24.7 Å². The lowest BCUT2D eigenvalue weighted by molar-refractivity contribution is -0.109. The number of thiophene rings is 1. The Labute approximate surface area is 238 Å². The first kappa shape index (κ1) is 27.3. The highest BCUT2D eigenvalue weighted by Crippen LogP contribution is 2.36. The van der Waals surface area contributed by atoms with Crippen molar-refractivity contribution in [3.63, 3.8) is 0 Å². The van der Waals surface area contributed by atoms with Crippen molar-refractivity contribution < 1.29 is 19.1 Å². The van der Waals surface area contributed by atoms with Gasteiger partial charge in [-0.25, -0.2) is 0 Å². The second-order valence-electron chi connectivity index (χ2n) is 9.64. The van der Waals surface area contributed by atoms with Gasteiger partial charge in [0.15, 0.2) is 0 Å². The van der Waals surface area contributed by atoms with Gasteiger partial charge in [0, 0.05) is 33.8 Å². The molecule has 0 spiro atoms. The number of ether oxygens (including phenoxy) is 2. The molecule has 0 saturated carbocycles. The second-order valence-corrected chi connectivity index (χ2v) is 11.5. The number of anilines is 1. The molecule has 1 aliphatic rings. The Kier molecular flexibility index (Phi) is 9.22. The van der Waals surface area contributed by atoms with Gasteiger partial charge in [0.1, 0.15) is 11.5 Å². The summed E-state index contributed by atoms with van der Waals surface area (Å²) in [6.45, 7) is 3.52. The third kappa shape index (κ3) is 6.84. The molecule has 5 nitrogen and oxygen atoms in total. The van der Waals surface area contributed by atoms with E-state index in [4.69, 9.17) is 9.47 Å². The Morgan fingerprint density at radius 3 is 2.46 bits per heavy atom. The molecule has 1 fully saturated rings. The summed E-state index contributed by atoms with van der Waals surface area (Å²) < 4.78 is 13.5. The van der Waals surface area contributed by atoms with Crippen molar-refractivity contribution in [1.82, 2.24) is 0 Å². The number of rotatable bonds is 13. The van der Waals surface area contributed by atoms with Gasteiger partial charge in [-0.15, -0.1) is 11.3 Å². The quantitative estimate of drug-likeness (QED) is 0.155. The zero-order chi connectivity index (χ0) is 27.0. The molecule has 1 aromatic heterocycles. The summed E-state index contributed by atoms with van der Waals surface area (Å²) in [6, 6.07) is 22.4. The molecule has 1 saturated heterocycles. The molecule has 0 aliphatic carbocycles. The van der Waals surface area contributed by atoms with Crippen molar-refractivity contribution in [2.24, 2.45) is 0 Å². The Balaban J connectivity index is 1.12. The number of aryl methyl sites for hydroxylation is 3. The van der Waals surface area contributed by atoms with Gasteiger partial charge in [0.2, 0.25) is 5.12 Å². The van der Waals surface area contributed by atoms with Crippen LogP contribution >= 0.6 is 23.1 Å². The van der Waals surface area contributed by atoms with Crippen LogP contribution in [0, 0.1) is 0 Å². The number of hydrogen-bond donors (Lipinski definition) is 0. The van der Waals surface area contributed by atoms with Gasteiger partial charge in [-0.2, -0.15) is 0 Å². The maximum absolute atomic E-state index is 12.0. The first-order chi connectivity index (χ1) is 19.1. The molecule has 0 N–H and O–H groups in total. The van der Waals surface area contributed by atoms with Crippen molar-refractivity contribution in [3.05, 3.63) is 88.8 Å². The molecule has 0 bridgehead atoms. The standard InChI is InChI=1S/C32H33NO4S2/c1-2-9-28-29(17-16-27-24(22-38-31(27)28)15-14-23-10-4-3-5-11-23)37-19-7-6-18-36-26-13-8-12-25(20-26)33-21-30(34)39-32(33)35/h3-5,8,10-13,16-17,20,22H,2,6-7,9,14-15,18-19,21H2,1H3. The van der Waals surface area contributed by atoms with Crippen molar-refractivity contribution in [3.8, 4) is 11.5 Å². The van der Waals surface area contributed by atoms with Gasteiger partial charge < -0.3 is 9.47 Å². The van der Waals surface area contributed by atoms with E-state index in [9.17, 15) is 9.59 Å². The Hall–Kier alpha value is -3.29. The molecule has 3 aromatic carbocycles. The smallest absolute Gasteiger partial charge is 0.294 e. The largest absolute Gasteiger partial charge is 0.494 e. The number of fused-ring (bicyclic) bond motifs is 1. The maximum Gasteiger partial charge on any atom is 0.294 e. The van der Waals surface area contributed by atoms with Crippen molar-refractivity contribution in [1.29, 1.82) is 0 Å². The molecule has 2 heterocycles. The average Bonchev–Trinajstić information content (AvgIpc) is 3.53. The minimum Gasteiger partial charge on any atom is -0.494 e. The molecule has 1 aliphatic heterocycles. The van der Waals surface area contributed by atoms with E-state index in [0.717, 1.165) is 56.0 Å². The van der Waals surface area contributed by atoms with Crippen LogP contribution in [-0.4, -0.2) is 30.1 Å². The summed E-state index contributed by atoms with van der Waals surface area (Å²) in [6.07, 6.45) is 5.92. The highest BCUT2D eigenvalue weighted by atomic mass is 32.2. The third-order valence-corrected chi connectivity index (χ3v) is 8.67. The van der Waals surface area contributed by atoms with Gasteiger partial charge in [0.05, 0.1) is 19.8 Å². The fourth-order valence-electron chi connectivity index (χ4n) is 4.82. The van der Waals surface area contributed by atoms with Gasteiger partial charge in [-0.1, -0.05) is 49.7 Å². The molecule has 202 valence electrons. The number of hydrogen-bond acceptors (Lipinski definition) is 6. The van der Waals surface area contributed by atoms with Gasteiger partial charge in [-0.3, -0.25) is 14.5 Å². The second kappa shape index (κ2) is 13.2. The van der Waals surface area contributed by atoms with E-state index >= 15 is 0 Å². The first-order valence-electron chi connectivity index (χ1n) is 13.6. The molecule has 1 amide bonds. The maximum atomic E-state index is 12.0. The summed E-state index contributed by atoms with van der Waals surface area (Å²) in [5.74, 6) is 1.69. The summed E-state index contributed by atoms with van der Waals surface area (Å²) in [5, 5.41) is 3.32. The van der Waals surface area contributed by atoms with E-state index in [2.05, 4.69) is 54.8 Å². The van der Waals surface area contributed by atoms with Crippen LogP contribution in [0.3, 0.4) is 0 Å². The van der Waals surface area contributed by atoms with Crippen LogP contribution in [0.4, 0.5) is 10.5 Å². The fourth-order valence-corrected chi connectivity index (χ4v) is 6.67. The summed E-state index contributed by atoms with van der Waals surface area (Å²) in [5.41, 5.74) is 4.81. The SMILES string of the molecule is CCCc1c(OCCCCOc2cccc(N3CC(=O)SC3=O)c2)ccc2c(CCc3ccccc3)csc12. The summed E-state index contributed by atoms with van der Waals surface area (Å²) >= 11 is 2.60. The van der Waals surface area contributed by atoms with Crippen LogP contribution < -0.4 is 14.4 Å². The lowest BCUT2D eigenvalue weighted by Crippen LogP contribution is -2.22. The van der Waals surface area contributed by atoms with Crippen LogP contribution in [0.15, 0.2) is 72.1 Å². The van der Waals surface area contributed by atoms with Crippen molar-refractivity contribution >= 4 is 49.2 Å². The Morgan fingerprint density at radius 1 is 0.872 bits per heavy atom. The molecule has 0 unspecified atom stereocenters. The normalized spacial score (nSPS) is 13.4. The first-order valence-corrected chi connectivity index (χ1v) is 15.3. The molecule has 0 radical (unpaired) electrons. The predicted molar refractivity (Wildman–Crippen MR) is 162 cm³/mol. The number of nitrogens with zero attached hydrogens (tertiary/aromatic N) is 1. The van der Waals surface area contributed by atoms with Gasteiger partial charge in [-0.05, 0) is 78.3 Å². The Morgan fingerprint density at radius 2 is 1.69 bits per heavy atom. The molecule has 7 heteroatoms. The van der Waals surface area contributed by atoms with Crippen LogP contribution in [0.1, 0.15) is 42.9 Å². The number of amides is 1. The number of unbranched alkanes of at least 4 members (excludes halogenated alkanes) is 1. The van der Waals surface area contributed by atoms with E-state index in [1.807, 2.05) is 35.6 Å². The highest BCUT2D eigenvalue weighted by Gasteiger charge is 2.30. The van der Waals surface area contributed by atoms with Crippen molar-refractivity contribution in [2.45, 2.75) is 45.4 Å². The molecule has 4 aromatic rings. The fraction of sp³-hybridized carbons (Fsp3) is 0.312. The minimum atomic E-state index is -0.235. The van der Waals surface area contributed by atoms with E-state index < -0.39 is 0 Å². The lowest BCUT2D eigenvalue weighted by atomic mass is 10.0. The van der Waals surface area contributed by atoms with Gasteiger partial charge >= 0.3 is 0 Å². The number of carbonyl (C=O) groups excluding carboxylic acids is 2. The molecule has 0 atom stereocenters. The number of thioether (sulfide) groups is 1. The van der Waals surface area contributed by atoms with Crippen LogP contribution in [0.5, 0.6) is 11.5 Å². The average molecular weight is 560 g/mol. The van der Waals surface area contributed by atoms with E-state index in [-0.39, 0.29) is 16.9 Å². The molecule has 5 rings (SSSR count). The van der Waals surface area contributed by atoms with Crippen LogP contribution in [0.2, 0.25) is 0 Å². The summed E-state index contributed by atoms with van der Waals surface area (Å²) in [7, 11) is 0. The molecular formula is C32H33NO4S2. The van der Waals surface area contributed by atoms with Crippen LogP contribution in [0.25, 0.3) is 10.1 Å². The van der Waals surface area contributed by atoms with E-state index in [1.165, 1.54) is 31.7 Å². The topological polar surface area (TPSA) is 55.8 Å². The lowest BCUT2D eigenvalue weighted by Gasteiger charge is -2.15. The minimum absolute atomic E-state index is 0.108.